The predicted molar refractivity (Wildman–Crippen MR) is 160 cm³/mol. The number of likely N-dealkylation sites (N-methyl/N-ethyl adjacent to an activating group) is 2. The van der Waals surface area contributed by atoms with E-state index < -0.39 is 12.2 Å². The number of likely N-dealkylation sites (tertiary alicyclic amines) is 2. The maximum atomic E-state index is 10.4. The summed E-state index contributed by atoms with van der Waals surface area (Å²) in [7, 11) is 4.38. The van der Waals surface area contributed by atoms with E-state index in [4.69, 9.17) is 9.47 Å². The summed E-state index contributed by atoms with van der Waals surface area (Å²) in [4.78, 5) is 4.87. The van der Waals surface area contributed by atoms with Gasteiger partial charge in [0.15, 0.2) is 23.0 Å². The third kappa shape index (κ3) is 3.58. The molecule has 10 heteroatoms. The Labute approximate surface area is 280 Å². The number of hydrogen-bond acceptors (Lipinski definition) is 8. The first-order chi connectivity index (χ1) is 20.3. The van der Waals surface area contributed by atoms with Gasteiger partial charge in [0.25, 0.3) is 0 Å². The molecule has 4 bridgehead atoms. The number of aliphatic hydroxyl groups is 2. The molecule has 2 fully saturated rings. The van der Waals surface area contributed by atoms with Crippen molar-refractivity contribution in [2.75, 3.05) is 27.2 Å². The Hall–Kier alpha value is -2.11. The van der Waals surface area contributed by atoms with Crippen LogP contribution in [0.2, 0.25) is 0 Å². The van der Waals surface area contributed by atoms with Gasteiger partial charge < -0.3 is 39.7 Å². The maximum Gasteiger partial charge on any atom is 1.00 e. The van der Waals surface area contributed by atoms with Crippen LogP contribution in [0.5, 0.6) is 23.0 Å². The summed E-state index contributed by atoms with van der Waals surface area (Å²) >= 11 is 0. The van der Waals surface area contributed by atoms with Crippen LogP contribution >= 0.6 is 0 Å². The molecule has 0 saturated carbocycles. The van der Waals surface area contributed by atoms with Crippen LogP contribution in [0, 0.1) is 11.8 Å². The second-order valence-electron chi connectivity index (χ2n) is 13.9. The van der Waals surface area contributed by atoms with Gasteiger partial charge in [0.2, 0.25) is 0 Å². The van der Waals surface area contributed by atoms with Crippen molar-refractivity contribution in [1.29, 1.82) is 0 Å². The minimum Gasteiger partial charge on any atom is -0.504 e. The Morgan fingerprint density at radius 1 is 0.705 bits per heavy atom. The molecule has 0 radical (unpaired) electrons. The maximum absolute atomic E-state index is 10.4. The molecule has 8 nitrogen and oxygen atoms in total. The van der Waals surface area contributed by atoms with Gasteiger partial charge in [-0.2, -0.15) is 0 Å². The molecule has 4 heterocycles. The summed E-state index contributed by atoms with van der Waals surface area (Å²) in [6, 6.07) is 8.45. The number of aromatic hydroxyl groups is 2. The number of nitrogens with zero attached hydrogens (tertiary/aromatic N) is 2. The van der Waals surface area contributed by atoms with Crippen molar-refractivity contribution in [2.45, 2.75) is 73.0 Å². The van der Waals surface area contributed by atoms with Crippen LogP contribution in [-0.4, -0.2) is 93.9 Å². The van der Waals surface area contributed by atoms with Crippen LogP contribution < -0.4 is 39.0 Å². The number of ether oxygens (including phenoxy) is 2. The molecule has 2 saturated heterocycles. The molecule has 4 N–H and O–H groups in total. The van der Waals surface area contributed by atoms with E-state index in [9.17, 15) is 20.4 Å². The Balaban J connectivity index is 0.000000149. The van der Waals surface area contributed by atoms with Crippen LogP contribution in [0.3, 0.4) is 0 Å². The van der Waals surface area contributed by atoms with E-state index >= 15 is 0 Å². The van der Waals surface area contributed by atoms with Crippen LogP contribution in [0.4, 0.5) is 4.70 Å². The Kier molecular flexibility index (Phi) is 7.08. The number of piperidine rings is 2. The van der Waals surface area contributed by atoms with Crippen molar-refractivity contribution in [1.82, 2.24) is 9.80 Å². The topological polar surface area (TPSA) is 106 Å². The molecule has 2 aromatic rings. The summed E-state index contributed by atoms with van der Waals surface area (Å²) in [5, 5.41) is 41.3. The van der Waals surface area contributed by atoms with E-state index in [-0.39, 0.29) is 70.2 Å². The molecule has 10 unspecified atom stereocenters. The number of benzene rings is 2. The van der Waals surface area contributed by atoms with Crippen LogP contribution in [0.15, 0.2) is 48.6 Å². The van der Waals surface area contributed by atoms with Gasteiger partial charge in [-0.1, -0.05) is 36.4 Å². The zero-order chi connectivity index (χ0) is 28.7. The number of phenols is 2. The minimum atomic E-state index is -0.594. The Bertz CT molecular complexity index is 1480. The van der Waals surface area contributed by atoms with Gasteiger partial charge in [0.1, 0.15) is 24.4 Å². The quantitative estimate of drug-likeness (QED) is 0.238. The largest absolute Gasteiger partial charge is 1.00 e. The number of rotatable bonds is 0. The molecule has 0 amide bonds. The summed E-state index contributed by atoms with van der Waals surface area (Å²) in [5.41, 5.74) is 4.58. The molecule has 44 heavy (non-hydrogen) atoms. The van der Waals surface area contributed by atoms with E-state index in [0.717, 1.165) is 38.8 Å². The molecule has 2 spiro atoms. The fraction of sp³-hybridized carbons (Fsp3) is 0.529. The molecule has 4 aliphatic heterocycles. The zero-order valence-electron chi connectivity index (χ0n) is 25.4. The van der Waals surface area contributed by atoms with Gasteiger partial charge in [-0.25, -0.2) is 0 Å². The molecule has 10 rings (SSSR count). The molecule has 2 aromatic carbocycles. The average Bonchev–Trinajstić information content (AvgIpc) is 3.52. The second-order valence-corrected chi connectivity index (χ2v) is 13.9. The third-order valence-electron chi connectivity index (χ3n) is 12.3. The van der Waals surface area contributed by atoms with Crippen molar-refractivity contribution < 1.29 is 65.6 Å². The fourth-order valence-corrected chi connectivity index (χ4v) is 10.5. The fourth-order valence-electron chi connectivity index (χ4n) is 10.5. The molecular weight excluding hydrogens is 574 g/mol. The molecule has 0 aromatic heterocycles. The van der Waals surface area contributed by atoms with Gasteiger partial charge in [-0.3, -0.25) is 4.70 Å². The van der Waals surface area contributed by atoms with Crippen LogP contribution in [-0.2, 0) is 23.7 Å². The predicted octanol–water partition coefficient (Wildman–Crippen LogP) is -0.201. The SMILES string of the molecule is CN1CCC23c4c5ccc(O)c4OC2C(O)C=CC3C1C5.CN1CCC23c4c5ccc(O)c4OC2C(O)C=CC3C1C5.F.[3HH].[Na+]. The van der Waals surface area contributed by atoms with Crippen molar-refractivity contribution >= 4 is 0 Å². The van der Waals surface area contributed by atoms with E-state index in [2.05, 4.69) is 36.0 Å². The van der Waals surface area contributed by atoms with Crippen molar-refractivity contribution in [3.63, 3.8) is 0 Å². The number of aliphatic hydroxyl groups excluding tert-OH is 2. The van der Waals surface area contributed by atoms with Crippen molar-refractivity contribution in [3.8, 4) is 23.0 Å². The smallest absolute Gasteiger partial charge is 0.504 e. The van der Waals surface area contributed by atoms with E-state index in [0.29, 0.717) is 35.4 Å². The van der Waals surface area contributed by atoms with Gasteiger partial charge >= 0.3 is 29.6 Å². The number of phenolic OH excluding ortho intramolecular Hbond substituents is 2. The molecule has 8 aliphatic rings. The van der Waals surface area contributed by atoms with Crippen molar-refractivity contribution in [3.05, 3.63) is 70.8 Å². The molecule has 230 valence electrons. The number of halogens is 1. The number of hydrogen-bond donors (Lipinski definition) is 4. The first-order valence-electron chi connectivity index (χ1n) is 15.4. The zero-order valence-corrected chi connectivity index (χ0v) is 27.4. The first-order valence-corrected chi connectivity index (χ1v) is 15.4. The summed E-state index contributed by atoms with van der Waals surface area (Å²) in [6.45, 7) is 2.02. The summed E-state index contributed by atoms with van der Waals surface area (Å²) < 4.78 is 12.2. The molecular formula is C34H41FN2NaO6+. The van der Waals surface area contributed by atoms with Crippen LogP contribution in [0.25, 0.3) is 0 Å². The van der Waals surface area contributed by atoms with Crippen molar-refractivity contribution in [2.24, 2.45) is 11.8 Å². The Morgan fingerprint density at radius 2 is 1.11 bits per heavy atom. The monoisotopic (exact) mass is 617 g/mol. The van der Waals surface area contributed by atoms with Gasteiger partial charge in [-0.15, -0.1) is 0 Å². The van der Waals surface area contributed by atoms with Gasteiger partial charge in [0, 0.05) is 47.3 Å². The average molecular weight is 618 g/mol. The summed E-state index contributed by atoms with van der Waals surface area (Å²) in [6.07, 6.45) is 10.4. The summed E-state index contributed by atoms with van der Waals surface area (Å²) in [5.74, 6) is 2.38. The van der Waals surface area contributed by atoms with E-state index in [1.165, 1.54) is 22.3 Å². The standard InChI is InChI=1S/2C17H19NO3.FH.Na.H2/c2*1-18-7-6-17-10-3-5-13(20)16(17)21-15-12(19)4-2-9(14(15)17)8-11(10)18;;;/h2*2-5,10-11,13,16,19-20H,6-8H2,1H3;1H;;1H/q;;;+1;/i;;;;1+2. The van der Waals surface area contributed by atoms with Gasteiger partial charge in [0.05, 0.1) is 0 Å². The van der Waals surface area contributed by atoms with E-state index in [1.807, 2.05) is 24.3 Å². The van der Waals surface area contributed by atoms with Crippen LogP contribution in [0.1, 0.15) is 36.5 Å². The normalized spacial score (nSPS) is 40.6. The van der Waals surface area contributed by atoms with E-state index in [1.54, 1.807) is 12.1 Å². The minimum absolute atomic E-state index is 0. The molecule has 4 aliphatic carbocycles. The first kappa shape index (κ1) is 30.5. The third-order valence-corrected chi connectivity index (χ3v) is 12.3. The Morgan fingerprint density at radius 3 is 1.52 bits per heavy atom. The molecule has 10 atom stereocenters. The van der Waals surface area contributed by atoms with Gasteiger partial charge in [-0.05, 0) is 76.1 Å². The second kappa shape index (κ2) is 10.2.